The fraction of sp³-hybridized carbons (Fsp3) is 0.222. The van der Waals surface area contributed by atoms with E-state index in [1.807, 2.05) is 0 Å². The summed E-state index contributed by atoms with van der Waals surface area (Å²) in [6.45, 7) is 0. The number of ether oxygens (including phenoxy) is 1. The molecule has 0 fully saturated rings. The largest absolute Gasteiger partial charge is 0.494 e. The van der Waals surface area contributed by atoms with Crippen LogP contribution in [0.25, 0.3) is 0 Å². The maximum Gasteiger partial charge on any atom is 0.165 e. The first-order valence-corrected chi connectivity index (χ1v) is 3.68. The predicted molar refractivity (Wildman–Crippen MR) is 47.6 cm³/mol. The van der Waals surface area contributed by atoms with E-state index in [0.29, 0.717) is 5.56 Å². The molecule has 13 heavy (non-hydrogen) atoms. The van der Waals surface area contributed by atoms with Gasteiger partial charge < -0.3 is 9.57 Å². The molecule has 0 saturated heterocycles. The molecule has 0 amide bonds. The molecule has 0 aromatic heterocycles. The van der Waals surface area contributed by atoms with E-state index in [0.717, 1.165) is 0 Å². The summed E-state index contributed by atoms with van der Waals surface area (Å²) in [5.41, 5.74) is 0.625. The van der Waals surface area contributed by atoms with Crippen molar-refractivity contribution in [3.8, 4) is 5.75 Å². The summed E-state index contributed by atoms with van der Waals surface area (Å²) in [4.78, 5) is 4.46. The van der Waals surface area contributed by atoms with Gasteiger partial charge in [0.15, 0.2) is 11.6 Å². The van der Waals surface area contributed by atoms with Gasteiger partial charge in [0.05, 0.1) is 13.3 Å². The van der Waals surface area contributed by atoms with Crippen LogP contribution in [0.2, 0.25) is 0 Å². The smallest absolute Gasteiger partial charge is 0.165 e. The number of hydrogen-bond acceptors (Lipinski definition) is 3. The number of oxime groups is 1. The van der Waals surface area contributed by atoms with Gasteiger partial charge in [-0.1, -0.05) is 5.16 Å². The number of halogens is 1. The van der Waals surface area contributed by atoms with Gasteiger partial charge in [-0.3, -0.25) is 0 Å². The van der Waals surface area contributed by atoms with Gasteiger partial charge in [0.1, 0.15) is 7.11 Å². The molecule has 0 saturated carbocycles. The zero-order valence-electron chi connectivity index (χ0n) is 7.45. The Bertz CT molecular complexity index is 312. The number of hydrogen-bond donors (Lipinski definition) is 0. The van der Waals surface area contributed by atoms with E-state index in [4.69, 9.17) is 4.74 Å². The van der Waals surface area contributed by atoms with Crippen LogP contribution in [0.3, 0.4) is 0 Å². The second-order valence-electron chi connectivity index (χ2n) is 2.31. The fourth-order valence-electron chi connectivity index (χ4n) is 0.876. The monoisotopic (exact) mass is 183 g/mol. The Morgan fingerprint density at radius 2 is 2.15 bits per heavy atom. The van der Waals surface area contributed by atoms with Crippen molar-refractivity contribution in [3.63, 3.8) is 0 Å². The summed E-state index contributed by atoms with van der Waals surface area (Å²) >= 11 is 0. The van der Waals surface area contributed by atoms with Crippen molar-refractivity contribution in [2.24, 2.45) is 5.16 Å². The highest BCUT2D eigenvalue weighted by Gasteiger charge is 2.01. The number of nitrogens with zero attached hydrogens (tertiary/aromatic N) is 1. The third-order valence-corrected chi connectivity index (χ3v) is 1.48. The van der Waals surface area contributed by atoms with Gasteiger partial charge in [0.2, 0.25) is 0 Å². The van der Waals surface area contributed by atoms with Crippen molar-refractivity contribution in [1.82, 2.24) is 0 Å². The first-order chi connectivity index (χ1) is 6.27. The number of rotatable bonds is 3. The van der Waals surface area contributed by atoms with Crippen LogP contribution >= 0.6 is 0 Å². The molecule has 0 radical (unpaired) electrons. The van der Waals surface area contributed by atoms with Crippen LogP contribution < -0.4 is 4.74 Å². The highest BCUT2D eigenvalue weighted by atomic mass is 19.1. The Hall–Kier alpha value is -1.58. The Labute approximate surface area is 75.8 Å². The molecule has 1 aromatic carbocycles. The maximum absolute atomic E-state index is 13.1. The van der Waals surface area contributed by atoms with Gasteiger partial charge in [-0.2, -0.15) is 0 Å². The lowest BCUT2D eigenvalue weighted by molar-refractivity contribution is 0.215. The van der Waals surface area contributed by atoms with Gasteiger partial charge in [0, 0.05) is 0 Å². The van der Waals surface area contributed by atoms with Gasteiger partial charge in [0.25, 0.3) is 0 Å². The molecule has 0 bridgehead atoms. The Kier molecular flexibility index (Phi) is 3.25. The van der Waals surface area contributed by atoms with Crippen LogP contribution in [0.4, 0.5) is 4.39 Å². The molecular formula is C9H10FNO2. The van der Waals surface area contributed by atoms with Crippen LogP contribution in [-0.2, 0) is 4.84 Å². The first-order valence-electron chi connectivity index (χ1n) is 3.68. The lowest BCUT2D eigenvalue weighted by Gasteiger charge is -2.00. The van der Waals surface area contributed by atoms with E-state index in [2.05, 4.69) is 9.99 Å². The third-order valence-electron chi connectivity index (χ3n) is 1.48. The average molecular weight is 183 g/mol. The zero-order chi connectivity index (χ0) is 9.68. The third kappa shape index (κ3) is 2.43. The van der Waals surface area contributed by atoms with Crippen molar-refractivity contribution in [2.45, 2.75) is 0 Å². The van der Waals surface area contributed by atoms with E-state index in [-0.39, 0.29) is 5.75 Å². The molecule has 0 aliphatic heterocycles. The van der Waals surface area contributed by atoms with Crippen molar-refractivity contribution in [2.75, 3.05) is 14.2 Å². The molecule has 4 heteroatoms. The summed E-state index contributed by atoms with van der Waals surface area (Å²) in [7, 11) is 2.84. The van der Waals surface area contributed by atoms with Crippen LogP contribution in [-0.4, -0.2) is 20.4 Å². The molecule has 0 unspecified atom stereocenters. The van der Waals surface area contributed by atoms with Gasteiger partial charge >= 0.3 is 0 Å². The van der Waals surface area contributed by atoms with Crippen LogP contribution in [0.5, 0.6) is 5.75 Å². The summed E-state index contributed by atoms with van der Waals surface area (Å²) in [6.07, 6.45) is 1.42. The minimum atomic E-state index is -0.414. The first kappa shape index (κ1) is 9.51. The number of methoxy groups -OCH3 is 1. The predicted octanol–water partition coefficient (Wildman–Crippen LogP) is 1.81. The second kappa shape index (κ2) is 4.45. The molecule has 0 aliphatic rings. The highest BCUT2D eigenvalue weighted by Crippen LogP contribution is 2.16. The quantitative estimate of drug-likeness (QED) is 0.528. The molecule has 0 N–H and O–H groups in total. The molecule has 0 heterocycles. The summed E-state index contributed by atoms with van der Waals surface area (Å²) < 4.78 is 17.8. The highest BCUT2D eigenvalue weighted by molar-refractivity contribution is 5.79. The van der Waals surface area contributed by atoms with E-state index in [1.54, 1.807) is 6.07 Å². The van der Waals surface area contributed by atoms with Gasteiger partial charge in [-0.05, 0) is 23.8 Å². The van der Waals surface area contributed by atoms with Crippen LogP contribution in [0, 0.1) is 5.82 Å². The fourth-order valence-corrected chi connectivity index (χ4v) is 0.876. The molecule has 1 rings (SSSR count). The molecule has 70 valence electrons. The Balaban J connectivity index is 2.89. The molecule has 0 spiro atoms. The number of benzene rings is 1. The normalized spacial score (nSPS) is 10.4. The lowest BCUT2D eigenvalue weighted by atomic mass is 10.2. The molecule has 1 aromatic rings. The molecule has 0 atom stereocenters. The van der Waals surface area contributed by atoms with E-state index < -0.39 is 5.82 Å². The molecular weight excluding hydrogens is 173 g/mol. The van der Waals surface area contributed by atoms with Crippen molar-refractivity contribution in [1.29, 1.82) is 0 Å². The van der Waals surface area contributed by atoms with Crippen LogP contribution in [0.1, 0.15) is 5.56 Å². The summed E-state index contributed by atoms with van der Waals surface area (Å²) in [5.74, 6) is -0.197. The summed E-state index contributed by atoms with van der Waals surface area (Å²) in [6, 6.07) is 4.54. The van der Waals surface area contributed by atoms with E-state index >= 15 is 0 Å². The van der Waals surface area contributed by atoms with Crippen molar-refractivity contribution < 1.29 is 14.0 Å². The second-order valence-corrected chi connectivity index (χ2v) is 2.31. The van der Waals surface area contributed by atoms with Crippen molar-refractivity contribution in [3.05, 3.63) is 29.6 Å². The standard InChI is InChI=1S/C9H10FNO2/c1-12-9-4-3-7(5-8(9)10)6-11-13-2/h3-6H,1-2H3. The average Bonchev–Trinajstić information content (AvgIpc) is 2.15. The van der Waals surface area contributed by atoms with Crippen molar-refractivity contribution >= 4 is 6.21 Å². The maximum atomic E-state index is 13.1. The Morgan fingerprint density at radius 1 is 1.38 bits per heavy atom. The topological polar surface area (TPSA) is 30.8 Å². The SMILES string of the molecule is CON=Cc1ccc(OC)c(F)c1. The van der Waals surface area contributed by atoms with E-state index in [1.165, 1.54) is 32.6 Å². The van der Waals surface area contributed by atoms with Gasteiger partial charge in [-0.25, -0.2) is 4.39 Å². The van der Waals surface area contributed by atoms with Crippen LogP contribution in [0.15, 0.2) is 23.4 Å². The zero-order valence-corrected chi connectivity index (χ0v) is 7.45. The van der Waals surface area contributed by atoms with E-state index in [9.17, 15) is 4.39 Å². The molecule has 3 nitrogen and oxygen atoms in total. The lowest BCUT2D eigenvalue weighted by Crippen LogP contribution is -1.90. The minimum absolute atomic E-state index is 0.217. The molecule has 0 aliphatic carbocycles. The minimum Gasteiger partial charge on any atom is -0.494 e. The summed E-state index contributed by atoms with van der Waals surface area (Å²) in [5, 5.41) is 3.51. The Morgan fingerprint density at radius 3 is 2.69 bits per heavy atom. The van der Waals surface area contributed by atoms with Gasteiger partial charge in [-0.15, -0.1) is 0 Å².